The third-order valence-electron chi connectivity index (χ3n) is 2.37. The third-order valence-corrected chi connectivity index (χ3v) is 2.70. The fourth-order valence-electron chi connectivity index (χ4n) is 1.57. The van der Waals surface area contributed by atoms with E-state index in [1.165, 1.54) is 0 Å². The predicted octanol–water partition coefficient (Wildman–Crippen LogP) is 2.41. The molecule has 0 aromatic heterocycles. The van der Waals surface area contributed by atoms with Crippen molar-refractivity contribution in [2.45, 2.75) is 6.42 Å². The van der Waals surface area contributed by atoms with E-state index >= 15 is 0 Å². The van der Waals surface area contributed by atoms with Gasteiger partial charge in [-0.3, -0.25) is 4.79 Å². The van der Waals surface area contributed by atoms with Gasteiger partial charge in [-0.05, 0) is 17.7 Å². The van der Waals surface area contributed by atoms with Gasteiger partial charge >= 0.3 is 5.97 Å². The first-order chi connectivity index (χ1) is 9.17. The quantitative estimate of drug-likeness (QED) is 0.786. The molecule has 1 aromatic carbocycles. The SMILES string of the molecule is C=O.O=C(O)Cc1ccc(N(CCCl)CCCl)cc1. The number of carbonyl (C=O) groups is 2. The summed E-state index contributed by atoms with van der Waals surface area (Å²) >= 11 is 11.4. The lowest BCUT2D eigenvalue weighted by Gasteiger charge is -2.22. The van der Waals surface area contributed by atoms with Crippen molar-refractivity contribution in [2.75, 3.05) is 29.7 Å². The molecule has 0 amide bonds. The highest BCUT2D eigenvalue weighted by Crippen LogP contribution is 2.15. The van der Waals surface area contributed by atoms with Gasteiger partial charge in [-0.2, -0.15) is 0 Å². The van der Waals surface area contributed by atoms with Crippen LogP contribution < -0.4 is 4.90 Å². The topological polar surface area (TPSA) is 57.6 Å². The average Bonchev–Trinajstić information content (AvgIpc) is 2.41. The van der Waals surface area contributed by atoms with Crippen LogP contribution in [0.4, 0.5) is 5.69 Å². The summed E-state index contributed by atoms with van der Waals surface area (Å²) in [6, 6.07) is 7.44. The first-order valence-electron chi connectivity index (χ1n) is 5.64. The molecule has 1 N–H and O–H groups in total. The number of halogens is 2. The minimum atomic E-state index is -0.823. The Labute approximate surface area is 122 Å². The monoisotopic (exact) mass is 305 g/mol. The van der Waals surface area contributed by atoms with Crippen molar-refractivity contribution < 1.29 is 14.7 Å². The number of carboxylic acid groups (broad SMARTS) is 1. The highest BCUT2D eigenvalue weighted by molar-refractivity contribution is 6.18. The molecule has 0 radical (unpaired) electrons. The maximum atomic E-state index is 10.5. The number of anilines is 1. The van der Waals surface area contributed by atoms with Gasteiger partial charge in [0.1, 0.15) is 6.79 Å². The summed E-state index contributed by atoms with van der Waals surface area (Å²) in [7, 11) is 0. The van der Waals surface area contributed by atoms with Gasteiger partial charge in [0, 0.05) is 30.5 Å². The van der Waals surface area contributed by atoms with Crippen molar-refractivity contribution in [3.8, 4) is 0 Å². The van der Waals surface area contributed by atoms with Crippen LogP contribution in [0.1, 0.15) is 5.56 Å². The summed E-state index contributed by atoms with van der Waals surface area (Å²) in [6.45, 7) is 3.46. The van der Waals surface area contributed by atoms with E-state index in [4.69, 9.17) is 33.1 Å². The zero-order valence-electron chi connectivity index (χ0n) is 10.5. The normalized spacial score (nSPS) is 9.37. The van der Waals surface area contributed by atoms with Crippen molar-refractivity contribution in [2.24, 2.45) is 0 Å². The molecule has 6 heteroatoms. The lowest BCUT2D eigenvalue weighted by Crippen LogP contribution is -2.27. The molecule has 0 spiro atoms. The Bertz CT molecular complexity index is 365. The van der Waals surface area contributed by atoms with Gasteiger partial charge in [0.2, 0.25) is 0 Å². The van der Waals surface area contributed by atoms with Crippen LogP contribution in [0, 0.1) is 0 Å². The molecule has 0 saturated heterocycles. The molecule has 0 atom stereocenters. The predicted molar refractivity (Wildman–Crippen MR) is 78.6 cm³/mol. The van der Waals surface area contributed by atoms with Crippen LogP contribution in [0.2, 0.25) is 0 Å². The minimum absolute atomic E-state index is 0.0469. The molecule has 1 aromatic rings. The van der Waals surface area contributed by atoms with Crippen molar-refractivity contribution in [3.63, 3.8) is 0 Å². The molecule has 0 unspecified atom stereocenters. The molecule has 0 aliphatic rings. The van der Waals surface area contributed by atoms with E-state index < -0.39 is 5.97 Å². The van der Waals surface area contributed by atoms with E-state index in [-0.39, 0.29) is 6.42 Å². The fraction of sp³-hybridized carbons (Fsp3) is 0.385. The Kier molecular flexibility index (Phi) is 9.94. The largest absolute Gasteiger partial charge is 0.481 e. The van der Waals surface area contributed by atoms with Gasteiger partial charge in [0.25, 0.3) is 0 Å². The number of benzene rings is 1. The number of aliphatic carboxylic acids is 1. The number of hydrogen-bond donors (Lipinski definition) is 1. The molecule has 0 bridgehead atoms. The summed E-state index contributed by atoms with van der Waals surface area (Å²) in [6.07, 6.45) is 0.0469. The summed E-state index contributed by atoms with van der Waals surface area (Å²) in [5.41, 5.74) is 1.80. The molecular formula is C13H17Cl2NO3. The van der Waals surface area contributed by atoms with E-state index in [2.05, 4.69) is 4.90 Å². The Morgan fingerprint density at radius 3 is 1.95 bits per heavy atom. The van der Waals surface area contributed by atoms with Gasteiger partial charge in [0.05, 0.1) is 6.42 Å². The second-order valence-corrected chi connectivity index (χ2v) is 4.36. The summed E-state index contributed by atoms with van der Waals surface area (Å²) < 4.78 is 0. The van der Waals surface area contributed by atoms with E-state index in [0.717, 1.165) is 24.3 Å². The van der Waals surface area contributed by atoms with Crippen LogP contribution in [0.5, 0.6) is 0 Å². The summed E-state index contributed by atoms with van der Waals surface area (Å²) in [4.78, 5) is 20.6. The van der Waals surface area contributed by atoms with E-state index in [1.807, 2.05) is 31.1 Å². The third kappa shape index (κ3) is 7.03. The average molecular weight is 306 g/mol. The van der Waals surface area contributed by atoms with Crippen LogP contribution in [0.3, 0.4) is 0 Å². The van der Waals surface area contributed by atoms with Gasteiger partial charge < -0.3 is 14.8 Å². The standard InChI is InChI=1S/C12H15Cl2NO2.CH2O/c13-5-7-15(8-6-14)11-3-1-10(2-4-11)9-12(16)17;1-2/h1-4H,5-9H2,(H,16,17);1H2. The molecule has 4 nitrogen and oxygen atoms in total. The van der Waals surface area contributed by atoms with Gasteiger partial charge in [-0.25, -0.2) is 0 Å². The first-order valence-corrected chi connectivity index (χ1v) is 6.70. The molecule has 0 fully saturated rings. The first kappa shape index (κ1) is 17.7. The number of hydrogen-bond acceptors (Lipinski definition) is 3. The van der Waals surface area contributed by atoms with E-state index in [0.29, 0.717) is 11.8 Å². The molecule has 19 heavy (non-hydrogen) atoms. The van der Waals surface area contributed by atoms with Crippen LogP contribution in [-0.2, 0) is 16.0 Å². The van der Waals surface area contributed by atoms with Crippen LogP contribution >= 0.6 is 23.2 Å². The number of carbonyl (C=O) groups excluding carboxylic acids is 1. The number of rotatable bonds is 7. The Balaban J connectivity index is 0.00000154. The maximum Gasteiger partial charge on any atom is 0.307 e. The number of carboxylic acids is 1. The summed E-state index contributed by atoms with van der Waals surface area (Å²) in [5.74, 6) is 0.248. The summed E-state index contributed by atoms with van der Waals surface area (Å²) in [5, 5.41) is 8.67. The molecule has 0 aliphatic carbocycles. The van der Waals surface area contributed by atoms with Crippen molar-refractivity contribution in [3.05, 3.63) is 29.8 Å². The van der Waals surface area contributed by atoms with Crippen molar-refractivity contribution >= 4 is 41.6 Å². The molecule has 106 valence electrons. The maximum absolute atomic E-state index is 10.5. The Morgan fingerprint density at radius 1 is 1.11 bits per heavy atom. The lowest BCUT2D eigenvalue weighted by atomic mass is 10.1. The molecular weight excluding hydrogens is 289 g/mol. The smallest absolute Gasteiger partial charge is 0.307 e. The van der Waals surface area contributed by atoms with Gasteiger partial charge in [-0.1, -0.05) is 12.1 Å². The van der Waals surface area contributed by atoms with Crippen LogP contribution in [-0.4, -0.2) is 42.7 Å². The highest BCUT2D eigenvalue weighted by atomic mass is 35.5. The van der Waals surface area contributed by atoms with Crippen LogP contribution in [0.15, 0.2) is 24.3 Å². The zero-order valence-corrected chi connectivity index (χ0v) is 12.0. The Hall–Kier alpha value is -1.26. The second kappa shape index (κ2) is 10.6. The molecule has 1 rings (SSSR count). The second-order valence-electron chi connectivity index (χ2n) is 3.60. The van der Waals surface area contributed by atoms with Crippen molar-refractivity contribution in [1.29, 1.82) is 0 Å². The number of nitrogens with zero attached hydrogens (tertiary/aromatic N) is 1. The van der Waals surface area contributed by atoms with Gasteiger partial charge in [-0.15, -0.1) is 23.2 Å². The Morgan fingerprint density at radius 2 is 1.58 bits per heavy atom. The van der Waals surface area contributed by atoms with Gasteiger partial charge in [0.15, 0.2) is 0 Å². The fourth-order valence-corrected chi connectivity index (χ4v) is 1.98. The molecule has 0 saturated carbocycles. The molecule has 0 aliphatic heterocycles. The zero-order chi connectivity index (χ0) is 14.7. The molecule has 0 heterocycles. The lowest BCUT2D eigenvalue weighted by molar-refractivity contribution is -0.136. The minimum Gasteiger partial charge on any atom is -0.481 e. The van der Waals surface area contributed by atoms with Crippen LogP contribution in [0.25, 0.3) is 0 Å². The van der Waals surface area contributed by atoms with E-state index in [1.54, 1.807) is 0 Å². The number of alkyl halides is 2. The van der Waals surface area contributed by atoms with Crippen molar-refractivity contribution in [1.82, 2.24) is 0 Å². The van der Waals surface area contributed by atoms with E-state index in [9.17, 15) is 4.79 Å². The highest BCUT2D eigenvalue weighted by Gasteiger charge is 2.06.